The first-order valence-electron chi connectivity index (χ1n) is 6.05. The molecule has 1 amide bonds. The predicted molar refractivity (Wildman–Crippen MR) is 79.6 cm³/mol. The molecule has 0 fully saturated rings. The maximum Gasteiger partial charge on any atom is 0.276 e. The Morgan fingerprint density at radius 3 is 2.81 bits per heavy atom. The summed E-state index contributed by atoms with van der Waals surface area (Å²) in [6.07, 6.45) is 1.62. The van der Waals surface area contributed by atoms with Crippen LogP contribution in [0.5, 0.6) is 0 Å². The number of carbonyl (C=O) groups excluding carboxylic acids is 1. The zero-order valence-electron chi connectivity index (χ0n) is 10.6. The number of amides is 1. The molecule has 0 aliphatic rings. The van der Waals surface area contributed by atoms with Gasteiger partial charge in [0.15, 0.2) is 0 Å². The Kier molecular flexibility index (Phi) is 3.37. The average molecular weight is 301 g/mol. The van der Waals surface area contributed by atoms with Gasteiger partial charge in [0.1, 0.15) is 5.69 Å². The number of anilines is 1. The van der Waals surface area contributed by atoms with Gasteiger partial charge >= 0.3 is 0 Å². The topological polar surface area (TPSA) is 87.7 Å². The summed E-state index contributed by atoms with van der Waals surface area (Å²) < 4.78 is 0. The molecule has 0 aliphatic carbocycles. The first kappa shape index (κ1) is 13.3. The fraction of sp³-hybridized carbons (Fsp3) is 0. The molecule has 104 valence electrons. The summed E-state index contributed by atoms with van der Waals surface area (Å²) in [7, 11) is 0. The summed E-state index contributed by atoms with van der Waals surface area (Å²) in [5.74, 6) is -0.444. The van der Waals surface area contributed by atoms with Gasteiger partial charge in [-0.1, -0.05) is 11.6 Å². The highest BCUT2D eigenvalue weighted by molar-refractivity contribution is 6.36. The average Bonchev–Trinajstić information content (AvgIpc) is 2.51. The first-order chi connectivity index (χ1) is 10.1. The predicted octanol–water partition coefficient (Wildman–Crippen LogP) is 2.22. The van der Waals surface area contributed by atoms with Crippen molar-refractivity contribution in [3.05, 3.63) is 63.7 Å². The standard InChI is InChI=1S/C14H9ClN4O2/c15-9-3-4-10(13-8(9)2-1-7-16-13)17-14(21)11-5-6-12(20)19-18-11/h1-7H,(H,17,21)(H,19,20). The maximum atomic E-state index is 12.1. The van der Waals surface area contributed by atoms with Crippen LogP contribution in [0.15, 0.2) is 47.4 Å². The third-order valence-electron chi connectivity index (χ3n) is 2.88. The molecule has 2 N–H and O–H groups in total. The van der Waals surface area contributed by atoms with E-state index in [4.69, 9.17) is 11.6 Å². The molecule has 0 spiro atoms. The van der Waals surface area contributed by atoms with E-state index in [1.54, 1.807) is 24.4 Å². The number of nitrogens with one attached hydrogen (secondary N) is 2. The van der Waals surface area contributed by atoms with Crippen LogP contribution in [-0.4, -0.2) is 21.1 Å². The number of fused-ring (bicyclic) bond motifs is 1. The second kappa shape index (κ2) is 5.34. The van der Waals surface area contributed by atoms with Crippen LogP contribution < -0.4 is 10.9 Å². The van der Waals surface area contributed by atoms with Gasteiger partial charge in [0.25, 0.3) is 11.5 Å². The zero-order valence-corrected chi connectivity index (χ0v) is 11.4. The Bertz CT molecular complexity index is 871. The van der Waals surface area contributed by atoms with Crippen LogP contribution in [0, 0.1) is 0 Å². The molecule has 6 nitrogen and oxygen atoms in total. The monoisotopic (exact) mass is 300 g/mol. The highest BCUT2D eigenvalue weighted by Gasteiger charge is 2.11. The van der Waals surface area contributed by atoms with Crippen molar-refractivity contribution in [1.82, 2.24) is 15.2 Å². The van der Waals surface area contributed by atoms with E-state index >= 15 is 0 Å². The minimum absolute atomic E-state index is 0.105. The van der Waals surface area contributed by atoms with Gasteiger partial charge in [-0.15, -0.1) is 0 Å². The number of pyridine rings is 1. The second-order valence-electron chi connectivity index (χ2n) is 4.26. The molecule has 0 atom stereocenters. The van der Waals surface area contributed by atoms with Crippen LogP contribution in [0.25, 0.3) is 10.9 Å². The number of H-pyrrole nitrogens is 1. The molecule has 2 heterocycles. The highest BCUT2D eigenvalue weighted by atomic mass is 35.5. The van der Waals surface area contributed by atoms with Gasteiger partial charge in [-0.05, 0) is 30.3 Å². The third kappa shape index (κ3) is 2.61. The molecule has 0 bridgehead atoms. The Labute approximate surface area is 123 Å². The molecule has 7 heteroatoms. The van der Waals surface area contributed by atoms with Crippen LogP contribution in [-0.2, 0) is 0 Å². The van der Waals surface area contributed by atoms with E-state index in [1.807, 2.05) is 6.07 Å². The van der Waals surface area contributed by atoms with Crippen molar-refractivity contribution in [1.29, 1.82) is 0 Å². The summed E-state index contributed by atoms with van der Waals surface area (Å²) in [5, 5.41) is 9.88. The lowest BCUT2D eigenvalue weighted by Gasteiger charge is -2.08. The molecular formula is C14H9ClN4O2. The molecule has 3 rings (SSSR count). The number of rotatable bonds is 2. The van der Waals surface area contributed by atoms with Gasteiger partial charge in [-0.25, -0.2) is 5.10 Å². The number of halogens is 1. The molecule has 0 saturated heterocycles. The largest absolute Gasteiger partial charge is 0.319 e. The van der Waals surface area contributed by atoms with Gasteiger partial charge in [-0.2, -0.15) is 5.10 Å². The maximum absolute atomic E-state index is 12.1. The van der Waals surface area contributed by atoms with Crippen LogP contribution in [0.1, 0.15) is 10.5 Å². The third-order valence-corrected chi connectivity index (χ3v) is 3.21. The van der Waals surface area contributed by atoms with E-state index in [0.29, 0.717) is 16.2 Å². The molecule has 3 aromatic rings. The fourth-order valence-electron chi connectivity index (χ4n) is 1.90. The van der Waals surface area contributed by atoms with Crippen LogP contribution in [0.4, 0.5) is 5.69 Å². The van der Waals surface area contributed by atoms with Crippen molar-refractivity contribution in [2.45, 2.75) is 0 Å². The van der Waals surface area contributed by atoms with Crippen LogP contribution in [0.3, 0.4) is 0 Å². The van der Waals surface area contributed by atoms with Gasteiger partial charge in [0, 0.05) is 17.6 Å². The molecule has 1 aromatic carbocycles. The number of aromatic amines is 1. The van der Waals surface area contributed by atoms with E-state index in [-0.39, 0.29) is 11.3 Å². The van der Waals surface area contributed by atoms with Crippen LogP contribution >= 0.6 is 11.6 Å². The number of hydrogen-bond donors (Lipinski definition) is 2. The first-order valence-corrected chi connectivity index (χ1v) is 6.43. The van der Waals surface area contributed by atoms with E-state index in [1.165, 1.54) is 12.1 Å². The van der Waals surface area contributed by atoms with Crippen molar-refractivity contribution in [3.63, 3.8) is 0 Å². The Balaban J connectivity index is 1.98. The van der Waals surface area contributed by atoms with E-state index in [2.05, 4.69) is 20.5 Å². The van der Waals surface area contributed by atoms with E-state index in [0.717, 1.165) is 5.39 Å². The van der Waals surface area contributed by atoms with E-state index < -0.39 is 5.91 Å². The van der Waals surface area contributed by atoms with E-state index in [9.17, 15) is 9.59 Å². The Hall–Kier alpha value is -2.73. The number of carbonyl (C=O) groups is 1. The minimum Gasteiger partial charge on any atom is -0.319 e. The molecular weight excluding hydrogens is 292 g/mol. The quantitative estimate of drug-likeness (QED) is 0.759. The van der Waals surface area contributed by atoms with Crippen molar-refractivity contribution >= 4 is 34.1 Å². The number of aromatic nitrogens is 3. The zero-order chi connectivity index (χ0) is 14.8. The van der Waals surface area contributed by atoms with Gasteiger partial charge in [0.05, 0.1) is 16.2 Å². The smallest absolute Gasteiger partial charge is 0.276 e. The summed E-state index contributed by atoms with van der Waals surface area (Å²) in [6.45, 7) is 0. The summed E-state index contributed by atoms with van der Waals surface area (Å²) in [4.78, 5) is 27.3. The van der Waals surface area contributed by atoms with Gasteiger partial charge in [-0.3, -0.25) is 14.6 Å². The summed E-state index contributed by atoms with van der Waals surface area (Å²) >= 11 is 6.10. The molecule has 0 saturated carbocycles. The van der Waals surface area contributed by atoms with Gasteiger partial charge in [0.2, 0.25) is 0 Å². The SMILES string of the molecule is O=C(Nc1ccc(Cl)c2cccnc12)c1ccc(=O)[nH]n1. The van der Waals surface area contributed by atoms with Gasteiger partial charge < -0.3 is 5.32 Å². The summed E-state index contributed by atoms with van der Waals surface area (Å²) in [5.41, 5.74) is 0.842. The fourth-order valence-corrected chi connectivity index (χ4v) is 2.11. The van der Waals surface area contributed by atoms with Crippen molar-refractivity contribution in [2.24, 2.45) is 0 Å². The molecule has 2 aromatic heterocycles. The van der Waals surface area contributed by atoms with Crippen molar-refractivity contribution < 1.29 is 4.79 Å². The highest BCUT2D eigenvalue weighted by Crippen LogP contribution is 2.28. The molecule has 21 heavy (non-hydrogen) atoms. The second-order valence-corrected chi connectivity index (χ2v) is 4.66. The Morgan fingerprint density at radius 2 is 2.05 bits per heavy atom. The molecule has 0 aliphatic heterocycles. The normalized spacial score (nSPS) is 10.5. The summed E-state index contributed by atoms with van der Waals surface area (Å²) in [6, 6.07) is 9.52. The minimum atomic E-state index is -0.444. The lowest BCUT2D eigenvalue weighted by atomic mass is 10.2. The molecule has 0 radical (unpaired) electrons. The van der Waals surface area contributed by atoms with Crippen molar-refractivity contribution in [2.75, 3.05) is 5.32 Å². The lowest BCUT2D eigenvalue weighted by Crippen LogP contribution is -2.17. The number of benzene rings is 1. The number of nitrogens with zero attached hydrogens (tertiary/aromatic N) is 2. The lowest BCUT2D eigenvalue weighted by molar-refractivity contribution is 0.102. The van der Waals surface area contributed by atoms with Crippen molar-refractivity contribution in [3.8, 4) is 0 Å². The Morgan fingerprint density at radius 1 is 1.19 bits per heavy atom. The van der Waals surface area contributed by atoms with Crippen LogP contribution in [0.2, 0.25) is 5.02 Å². The number of hydrogen-bond acceptors (Lipinski definition) is 4. The molecule has 0 unspecified atom stereocenters.